The van der Waals surface area contributed by atoms with Crippen molar-refractivity contribution >= 4 is 35.8 Å². The van der Waals surface area contributed by atoms with E-state index in [2.05, 4.69) is 10.6 Å². The molecule has 10 nitrogen and oxygen atoms in total. The molecule has 0 radical (unpaired) electrons. The molecule has 178 valence electrons. The summed E-state index contributed by atoms with van der Waals surface area (Å²) in [6.07, 6.45) is -0.0993. The highest BCUT2D eigenvalue weighted by molar-refractivity contribution is 7.99. The van der Waals surface area contributed by atoms with Crippen LogP contribution in [-0.4, -0.2) is 75.5 Å². The fraction of sp³-hybridized carbons (Fsp3) is 0.800. The number of nitrogens with zero attached hydrogens (tertiary/aromatic N) is 1. The minimum Gasteiger partial charge on any atom is -0.480 e. The van der Waals surface area contributed by atoms with Gasteiger partial charge in [-0.15, -0.1) is 11.8 Å². The molecule has 0 spiro atoms. The topological polar surface area (TPSA) is 134 Å². The van der Waals surface area contributed by atoms with Crippen molar-refractivity contribution in [3.8, 4) is 0 Å². The normalized spacial score (nSPS) is 17.6. The zero-order valence-corrected chi connectivity index (χ0v) is 20.0. The van der Waals surface area contributed by atoms with Crippen LogP contribution in [0.3, 0.4) is 0 Å². The Hall–Kier alpha value is -2.17. The number of hydrogen-bond donors (Lipinski definition) is 3. The molecule has 0 aromatic rings. The van der Waals surface area contributed by atoms with E-state index in [1.807, 2.05) is 0 Å². The standard InChI is InChI=1S/C20H35N3O7S/c1-19(2,3)29-17(27)22-13(16(25)26)9-7-8-10-21-15(24)14-11-31-12-23(14)18(28)30-20(4,5)6/h13-14H,7-12H2,1-6H3,(H,21,24)(H,22,27)(H,25,26)/t13?,14-/m1/s1. The maximum absolute atomic E-state index is 12.5. The Labute approximate surface area is 187 Å². The first-order valence-electron chi connectivity index (χ1n) is 10.3. The first kappa shape index (κ1) is 26.9. The predicted molar refractivity (Wildman–Crippen MR) is 117 cm³/mol. The summed E-state index contributed by atoms with van der Waals surface area (Å²) in [6, 6.07) is -1.67. The van der Waals surface area contributed by atoms with E-state index in [-0.39, 0.29) is 12.3 Å². The molecule has 1 fully saturated rings. The summed E-state index contributed by atoms with van der Waals surface area (Å²) < 4.78 is 10.4. The van der Waals surface area contributed by atoms with Crippen molar-refractivity contribution in [2.24, 2.45) is 0 Å². The number of carbonyl (C=O) groups excluding carboxylic acids is 3. The van der Waals surface area contributed by atoms with E-state index in [9.17, 15) is 24.3 Å². The molecule has 3 amide bonds. The van der Waals surface area contributed by atoms with Crippen LogP contribution in [0.1, 0.15) is 60.8 Å². The van der Waals surface area contributed by atoms with Gasteiger partial charge in [0, 0.05) is 12.3 Å². The lowest BCUT2D eigenvalue weighted by molar-refractivity contribution is -0.139. The van der Waals surface area contributed by atoms with Crippen molar-refractivity contribution in [3.05, 3.63) is 0 Å². The van der Waals surface area contributed by atoms with Crippen LogP contribution in [0.5, 0.6) is 0 Å². The summed E-state index contributed by atoms with van der Waals surface area (Å²) in [5.74, 6) is -0.529. The summed E-state index contributed by atoms with van der Waals surface area (Å²) in [5, 5.41) is 14.4. The van der Waals surface area contributed by atoms with Crippen LogP contribution in [-0.2, 0) is 19.1 Å². The molecule has 0 aromatic heterocycles. The Kier molecular flexibility index (Phi) is 9.92. The highest BCUT2D eigenvalue weighted by Gasteiger charge is 2.37. The highest BCUT2D eigenvalue weighted by atomic mass is 32.2. The summed E-state index contributed by atoms with van der Waals surface area (Å²) in [5.41, 5.74) is -1.36. The molecule has 11 heteroatoms. The third-order valence-corrected chi connectivity index (χ3v) is 5.03. The number of thioether (sulfide) groups is 1. The molecular formula is C20H35N3O7S. The van der Waals surface area contributed by atoms with E-state index in [4.69, 9.17) is 9.47 Å². The number of rotatable bonds is 8. The molecule has 0 bridgehead atoms. The van der Waals surface area contributed by atoms with E-state index in [0.29, 0.717) is 31.0 Å². The van der Waals surface area contributed by atoms with E-state index >= 15 is 0 Å². The molecule has 1 heterocycles. The zero-order chi connectivity index (χ0) is 23.8. The van der Waals surface area contributed by atoms with E-state index in [1.54, 1.807) is 41.5 Å². The lowest BCUT2D eigenvalue weighted by Crippen LogP contribution is -2.48. The molecule has 1 saturated heterocycles. The molecule has 1 rings (SSSR count). The van der Waals surface area contributed by atoms with Crippen molar-refractivity contribution in [1.29, 1.82) is 0 Å². The van der Waals surface area contributed by atoms with E-state index in [0.717, 1.165) is 0 Å². The van der Waals surface area contributed by atoms with Gasteiger partial charge in [-0.1, -0.05) is 0 Å². The number of carbonyl (C=O) groups is 4. The van der Waals surface area contributed by atoms with Gasteiger partial charge in [0.1, 0.15) is 23.3 Å². The minimum atomic E-state index is -1.15. The smallest absolute Gasteiger partial charge is 0.411 e. The fourth-order valence-electron chi connectivity index (χ4n) is 2.67. The Bertz CT molecular complexity index is 658. The van der Waals surface area contributed by atoms with Crippen LogP contribution in [0.15, 0.2) is 0 Å². The second-order valence-corrected chi connectivity index (χ2v) is 10.3. The fourth-order valence-corrected chi connectivity index (χ4v) is 3.81. The number of hydrogen-bond acceptors (Lipinski definition) is 7. The Balaban J connectivity index is 2.40. The number of unbranched alkanes of at least 4 members (excludes halogenated alkanes) is 1. The number of carboxylic acids is 1. The molecule has 1 unspecified atom stereocenters. The highest BCUT2D eigenvalue weighted by Crippen LogP contribution is 2.23. The van der Waals surface area contributed by atoms with Gasteiger partial charge in [0.15, 0.2) is 0 Å². The summed E-state index contributed by atoms with van der Waals surface area (Å²) in [7, 11) is 0. The maximum atomic E-state index is 12.5. The van der Waals surface area contributed by atoms with Crippen LogP contribution in [0.4, 0.5) is 9.59 Å². The molecule has 3 N–H and O–H groups in total. The average molecular weight is 462 g/mol. The average Bonchev–Trinajstić information content (AvgIpc) is 3.07. The SMILES string of the molecule is CC(C)(C)OC(=O)NC(CCCCNC(=O)[C@H]1CSCN1C(=O)OC(C)(C)C)C(=O)O. The van der Waals surface area contributed by atoms with Gasteiger partial charge in [-0.3, -0.25) is 9.69 Å². The second kappa shape index (κ2) is 11.4. The molecule has 0 aromatic carbocycles. The van der Waals surface area contributed by atoms with Crippen LogP contribution < -0.4 is 10.6 Å². The monoisotopic (exact) mass is 461 g/mol. The summed E-state index contributed by atoms with van der Waals surface area (Å²) >= 11 is 1.48. The number of carboxylic acid groups (broad SMARTS) is 1. The minimum absolute atomic E-state index is 0.202. The lowest BCUT2D eigenvalue weighted by Gasteiger charge is -2.27. The number of ether oxygens (including phenoxy) is 2. The third kappa shape index (κ3) is 10.6. The van der Waals surface area contributed by atoms with Crippen LogP contribution in [0.25, 0.3) is 0 Å². The van der Waals surface area contributed by atoms with Gasteiger partial charge >= 0.3 is 18.2 Å². The predicted octanol–water partition coefficient (Wildman–Crippen LogP) is 2.56. The molecule has 31 heavy (non-hydrogen) atoms. The Morgan fingerprint density at radius 3 is 2.23 bits per heavy atom. The van der Waals surface area contributed by atoms with Crippen LogP contribution >= 0.6 is 11.8 Å². The van der Waals surface area contributed by atoms with E-state index < -0.39 is 41.4 Å². The molecule has 1 aliphatic rings. The maximum Gasteiger partial charge on any atom is 0.411 e. The van der Waals surface area contributed by atoms with Crippen molar-refractivity contribution in [2.75, 3.05) is 18.2 Å². The summed E-state index contributed by atoms with van der Waals surface area (Å²) in [4.78, 5) is 49.3. The number of aliphatic carboxylic acids is 1. The van der Waals surface area contributed by atoms with Gasteiger partial charge in [-0.25, -0.2) is 14.4 Å². The number of nitrogens with one attached hydrogen (secondary N) is 2. The quantitative estimate of drug-likeness (QED) is 0.470. The molecule has 1 aliphatic heterocycles. The largest absolute Gasteiger partial charge is 0.480 e. The van der Waals surface area contributed by atoms with Gasteiger partial charge in [0.05, 0.1) is 5.88 Å². The molecular weight excluding hydrogens is 426 g/mol. The van der Waals surface area contributed by atoms with E-state index in [1.165, 1.54) is 16.7 Å². The van der Waals surface area contributed by atoms with Crippen molar-refractivity contribution in [2.45, 2.75) is 84.1 Å². The van der Waals surface area contributed by atoms with Gasteiger partial charge in [0.25, 0.3) is 0 Å². The molecule has 0 saturated carbocycles. The molecule has 2 atom stereocenters. The lowest BCUT2D eigenvalue weighted by atomic mass is 10.1. The number of alkyl carbamates (subject to hydrolysis) is 1. The first-order valence-corrected chi connectivity index (χ1v) is 11.4. The second-order valence-electron chi connectivity index (χ2n) is 9.29. The van der Waals surface area contributed by atoms with Gasteiger partial charge < -0.3 is 25.2 Å². The Morgan fingerprint density at radius 1 is 1.06 bits per heavy atom. The summed E-state index contributed by atoms with van der Waals surface area (Å²) in [6.45, 7) is 10.7. The van der Waals surface area contributed by atoms with Crippen molar-refractivity contribution in [3.63, 3.8) is 0 Å². The van der Waals surface area contributed by atoms with Gasteiger partial charge in [-0.05, 0) is 60.8 Å². The Morgan fingerprint density at radius 2 is 1.68 bits per heavy atom. The number of amides is 3. The zero-order valence-electron chi connectivity index (χ0n) is 19.1. The van der Waals surface area contributed by atoms with Crippen molar-refractivity contribution < 1.29 is 33.8 Å². The van der Waals surface area contributed by atoms with Crippen LogP contribution in [0.2, 0.25) is 0 Å². The third-order valence-electron chi connectivity index (χ3n) is 4.02. The van der Waals surface area contributed by atoms with Crippen molar-refractivity contribution in [1.82, 2.24) is 15.5 Å². The first-order chi connectivity index (χ1) is 14.2. The van der Waals surface area contributed by atoms with Crippen LogP contribution in [0, 0.1) is 0 Å². The van der Waals surface area contributed by atoms with Gasteiger partial charge in [-0.2, -0.15) is 0 Å². The molecule has 0 aliphatic carbocycles. The van der Waals surface area contributed by atoms with Gasteiger partial charge in [0.2, 0.25) is 5.91 Å².